The third-order valence-electron chi connectivity index (χ3n) is 4.99. The molecule has 4 rings (SSSR count). The highest BCUT2D eigenvalue weighted by Gasteiger charge is 2.29. The largest absolute Gasteiger partial charge is 0.497 e. The number of ether oxygens (including phenoxy) is 1. The van der Waals surface area contributed by atoms with Crippen molar-refractivity contribution in [1.29, 1.82) is 5.26 Å². The van der Waals surface area contributed by atoms with E-state index in [-0.39, 0.29) is 11.3 Å². The molecule has 0 saturated heterocycles. The second-order valence-electron chi connectivity index (χ2n) is 7.09. The second kappa shape index (κ2) is 9.02. The molecule has 0 aliphatic rings. The smallest absolute Gasteiger partial charge is 0.269 e. The van der Waals surface area contributed by atoms with E-state index in [1.54, 1.807) is 25.7 Å². The number of ketones is 1. The molecule has 164 valence electrons. The highest BCUT2D eigenvalue weighted by Crippen LogP contribution is 2.32. The zero-order chi connectivity index (χ0) is 23.5. The molecule has 0 aliphatic carbocycles. The van der Waals surface area contributed by atoms with Gasteiger partial charge in [-0.05, 0) is 36.4 Å². The number of nitro benzene ring substituents is 1. The first-order chi connectivity index (χ1) is 15.9. The van der Waals surface area contributed by atoms with E-state index in [1.807, 2.05) is 24.3 Å². The molecule has 10 heteroatoms. The van der Waals surface area contributed by atoms with E-state index in [4.69, 9.17) is 4.74 Å². The maximum absolute atomic E-state index is 13.4. The molecule has 0 amide bonds. The number of nitro groups is 1. The van der Waals surface area contributed by atoms with Crippen molar-refractivity contribution < 1.29 is 14.5 Å². The number of benzene rings is 2. The number of hydrogen-bond acceptors (Lipinski definition) is 8. The van der Waals surface area contributed by atoms with Gasteiger partial charge in [-0.25, -0.2) is 4.98 Å². The van der Waals surface area contributed by atoms with Gasteiger partial charge in [0, 0.05) is 41.9 Å². The zero-order valence-corrected chi connectivity index (χ0v) is 18.4. The highest BCUT2D eigenvalue weighted by atomic mass is 32.1. The van der Waals surface area contributed by atoms with Gasteiger partial charge >= 0.3 is 0 Å². The maximum atomic E-state index is 13.4. The number of carbonyl (C=O) groups excluding carboxylic acids is 1. The summed E-state index contributed by atoms with van der Waals surface area (Å²) < 4.78 is 6.64. The van der Waals surface area contributed by atoms with Crippen LogP contribution in [0.1, 0.15) is 21.3 Å². The molecule has 1 atom stereocenters. The summed E-state index contributed by atoms with van der Waals surface area (Å²) in [4.78, 5) is 28.3. The molecule has 2 aromatic heterocycles. The van der Waals surface area contributed by atoms with E-state index >= 15 is 0 Å². The molecule has 0 radical (unpaired) electrons. The highest BCUT2D eigenvalue weighted by molar-refractivity contribution is 7.10. The number of aryl methyl sites for hydroxylation is 1. The van der Waals surface area contributed by atoms with Crippen LogP contribution in [0.2, 0.25) is 0 Å². The van der Waals surface area contributed by atoms with Crippen molar-refractivity contribution in [2.75, 3.05) is 7.11 Å². The van der Waals surface area contributed by atoms with Gasteiger partial charge < -0.3 is 4.74 Å². The number of thiazole rings is 1. The van der Waals surface area contributed by atoms with Crippen LogP contribution in [0.4, 0.5) is 5.69 Å². The molecule has 33 heavy (non-hydrogen) atoms. The number of nitriles is 1. The number of nitrogens with zero attached hydrogens (tertiary/aromatic N) is 5. The van der Waals surface area contributed by atoms with Crippen LogP contribution >= 0.6 is 11.3 Å². The molecule has 0 fully saturated rings. The number of non-ortho nitro benzene ring substituents is 1. The summed E-state index contributed by atoms with van der Waals surface area (Å²) >= 11 is 1.24. The Morgan fingerprint density at radius 2 is 1.85 bits per heavy atom. The quantitative estimate of drug-likeness (QED) is 0.224. The molecule has 0 aliphatic heterocycles. The van der Waals surface area contributed by atoms with Crippen LogP contribution < -0.4 is 4.74 Å². The fraction of sp³-hybridized carbons (Fsp3) is 0.130. The molecule has 0 bridgehead atoms. The normalized spacial score (nSPS) is 11.5. The minimum Gasteiger partial charge on any atom is -0.497 e. The molecule has 1 unspecified atom stereocenters. The van der Waals surface area contributed by atoms with Gasteiger partial charge in [0.05, 0.1) is 29.4 Å². The fourth-order valence-corrected chi connectivity index (χ4v) is 4.19. The third-order valence-corrected chi connectivity index (χ3v) is 5.90. The lowest BCUT2D eigenvalue weighted by molar-refractivity contribution is -0.384. The van der Waals surface area contributed by atoms with Gasteiger partial charge in [0.1, 0.15) is 16.5 Å². The minimum atomic E-state index is -1.11. The summed E-state index contributed by atoms with van der Waals surface area (Å²) in [6, 6.07) is 15.2. The van der Waals surface area contributed by atoms with Crippen LogP contribution in [0.15, 0.2) is 60.1 Å². The summed E-state index contributed by atoms with van der Waals surface area (Å²) in [7, 11) is 3.25. The van der Waals surface area contributed by atoms with Gasteiger partial charge in [-0.1, -0.05) is 0 Å². The summed E-state index contributed by atoms with van der Waals surface area (Å²) in [6.07, 6.45) is 1.54. The Labute approximate surface area is 192 Å². The zero-order valence-electron chi connectivity index (χ0n) is 17.6. The molecule has 0 saturated carbocycles. The number of carbonyl (C=O) groups is 1. The number of rotatable bonds is 7. The Bertz CT molecular complexity index is 1370. The summed E-state index contributed by atoms with van der Waals surface area (Å²) in [6.45, 7) is 0. The van der Waals surface area contributed by atoms with E-state index < -0.39 is 16.6 Å². The predicted molar refractivity (Wildman–Crippen MR) is 122 cm³/mol. The topological polar surface area (TPSA) is 124 Å². The van der Waals surface area contributed by atoms with Gasteiger partial charge in [-0.3, -0.25) is 19.6 Å². The van der Waals surface area contributed by atoms with Crippen LogP contribution in [-0.4, -0.2) is 32.6 Å². The molecular formula is C23H17N5O4S. The Morgan fingerprint density at radius 3 is 2.45 bits per heavy atom. The van der Waals surface area contributed by atoms with Crippen molar-refractivity contribution in [3.8, 4) is 34.3 Å². The van der Waals surface area contributed by atoms with Gasteiger partial charge in [0.2, 0.25) is 0 Å². The van der Waals surface area contributed by atoms with Crippen LogP contribution in [0.25, 0.3) is 22.5 Å². The molecule has 0 spiro atoms. The number of aromatic nitrogens is 3. The van der Waals surface area contributed by atoms with Crippen LogP contribution in [0.5, 0.6) is 5.75 Å². The lowest BCUT2D eigenvalue weighted by Gasteiger charge is -2.06. The molecule has 0 N–H and O–H groups in total. The molecule has 4 aromatic rings. The third kappa shape index (κ3) is 4.35. The monoisotopic (exact) mass is 459 g/mol. The first-order valence-electron chi connectivity index (χ1n) is 9.73. The Balaban J connectivity index is 1.65. The summed E-state index contributed by atoms with van der Waals surface area (Å²) in [5, 5.41) is 27.3. The maximum Gasteiger partial charge on any atom is 0.269 e. The average Bonchev–Trinajstić information content (AvgIpc) is 3.47. The predicted octanol–water partition coefficient (Wildman–Crippen LogP) is 4.62. The lowest BCUT2D eigenvalue weighted by atomic mass is 9.97. The molecule has 9 nitrogen and oxygen atoms in total. The average molecular weight is 459 g/mol. The van der Waals surface area contributed by atoms with Crippen LogP contribution in [0, 0.1) is 21.4 Å². The van der Waals surface area contributed by atoms with Crippen molar-refractivity contribution in [2.24, 2.45) is 7.05 Å². The lowest BCUT2D eigenvalue weighted by Crippen LogP contribution is -2.11. The number of methoxy groups -OCH3 is 1. The van der Waals surface area contributed by atoms with E-state index in [1.165, 1.54) is 40.3 Å². The Hall–Kier alpha value is -4.36. The van der Waals surface area contributed by atoms with Gasteiger partial charge in [-0.2, -0.15) is 10.4 Å². The Kier molecular flexibility index (Phi) is 5.97. The Morgan fingerprint density at radius 1 is 1.18 bits per heavy atom. The van der Waals surface area contributed by atoms with Gasteiger partial charge in [0.25, 0.3) is 5.69 Å². The van der Waals surface area contributed by atoms with E-state index in [0.29, 0.717) is 22.0 Å². The van der Waals surface area contributed by atoms with Crippen molar-refractivity contribution >= 4 is 22.8 Å². The fourth-order valence-electron chi connectivity index (χ4n) is 3.32. The minimum absolute atomic E-state index is 0.0636. The number of Topliss-reactive ketones (excluding diaryl/α,β-unsaturated/α-hetero) is 1. The number of hydrogen-bond donors (Lipinski definition) is 0. The van der Waals surface area contributed by atoms with E-state index in [0.717, 1.165) is 11.3 Å². The van der Waals surface area contributed by atoms with Gasteiger partial charge in [-0.15, -0.1) is 11.3 Å². The van der Waals surface area contributed by atoms with Gasteiger partial charge in [0.15, 0.2) is 11.7 Å². The first-order valence-corrected chi connectivity index (χ1v) is 10.6. The van der Waals surface area contributed by atoms with E-state index in [2.05, 4.69) is 16.2 Å². The molecule has 2 aromatic carbocycles. The molecule has 2 heterocycles. The standard InChI is InChI=1S/C23H17N5O4S/c1-27-12-19(21(26-27)15-3-7-16(8-4-15)28(30)31)22(29)18(11-24)23-25-20(13-33-23)14-5-9-17(32-2)10-6-14/h3-10,12-13,18H,1-2H3. The second-order valence-corrected chi connectivity index (χ2v) is 7.98. The first kappa shape index (κ1) is 21.9. The van der Waals surface area contributed by atoms with Crippen LogP contribution in [-0.2, 0) is 7.05 Å². The van der Waals surface area contributed by atoms with Crippen LogP contribution in [0.3, 0.4) is 0 Å². The SMILES string of the molecule is COc1ccc(-c2csc(C(C#N)C(=O)c3cn(C)nc3-c3ccc([N+](=O)[O-])cc3)n2)cc1. The van der Waals surface area contributed by atoms with E-state index in [9.17, 15) is 20.2 Å². The van der Waals surface area contributed by atoms with Crippen molar-refractivity contribution in [3.63, 3.8) is 0 Å². The van der Waals surface area contributed by atoms with Crippen molar-refractivity contribution in [3.05, 3.63) is 80.8 Å². The van der Waals surface area contributed by atoms with Crippen molar-refractivity contribution in [1.82, 2.24) is 14.8 Å². The summed E-state index contributed by atoms with van der Waals surface area (Å²) in [5.41, 5.74) is 2.58. The molecular weight excluding hydrogens is 442 g/mol. The van der Waals surface area contributed by atoms with Crippen molar-refractivity contribution in [2.45, 2.75) is 5.92 Å². The summed E-state index contributed by atoms with van der Waals surface area (Å²) in [5.74, 6) is -0.827.